The zero-order valence-corrected chi connectivity index (χ0v) is 6.42. The molecule has 0 aliphatic rings. The highest BCUT2D eigenvalue weighted by molar-refractivity contribution is 6.00. The first-order chi connectivity index (χ1) is 5.26. The van der Waals surface area contributed by atoms with Crippen LogP contribution < -0.4 is 0 Å². The minimum absolute atomic E-state index is 0.0606. The molecule has 0 heterocycles. The molecule has 0 spiro atoms. The van der Waals surface area contributed by atoms with E-state index in [2.05, 4.69) is 6.58 Å². The molecule has 0 aromatic heterocycles. The van der Waals surface area contributed by atoms with Crippen LogP contribution in [0.3, 0.4) is 0 Å². The van der Waals surface area contributed by atoms with Crippen LogP contribution in [0.4, 0.5) is 0 Å². The molecule has 0 aliphatic heterocycles. The second-order valence-electron chi connectivity index (χ2n) is 2.12. The number of aliphatic hydroxyl groups excluding tert-OH is 2. The van der Waals surface area contributed by atoms with Crippen LogP contribution >= 0.6 is 0 Å². The molecule has 3 nitrogen and oxygen atoms in total. The normalized spacial score (nSPS) is 10.1. The Kier molecular flexibility index (Phi) is 5.70. The Labute approximate surface area is 66.4 Å². The molecule has 0 aromatic rings. The molecule has 0 saturated carbocycles. The van der Waals surface area contributed by atoms with E-state index in [9.17, 15) is 4.79 Å². The van der Waals surface area contributed by atoms with Gasteiger partial charge in [-0.1, -0.05) is 6.58 Å². The summed E-state index contributed by atoms with van der Waals surface area (Å²) in [6.45, 7) is 3.19. The molecule has 2 N–H and O–H groups in total. The monoisotopic (exact) mass is 157 g/mol. The number of carbonyl (C=O) groups is 1. The molecule has 0 amide bonds. The van der Waals surface area contributed by atoms with Crippen molar-refractivity contribution in [1.29, 1.82) is 0 Å². The van der Waals surface area contributed by atoms with Gasteiger partial charge in [0.05, 0.1) is 5.92 Å². The van der Waals surface area contributed by atoms with Crippen LogP contribution in [-0.2, 0) is 4.79 Å². The highest BCUT2D eigenvalue weighted by Gasteiger charge is 2.14. The molecule has 0 rings (SSSR count). The van der Waals surface area contributed by atoms with E-state index in [-0.39, 0.29) is 19.0 Å². The van der Waals surface area contributed by atoms with E-state index in [1.54, 1.807) is 0 Å². The van der Waals surface area contributed by atoms with Gasteiger partial charge in [-0.2, -0.15) is 0 Å². The first kappa shape index (κ1) is 10.3. The standard InChI is InChI=1S/C8H13O3/c1-2-8(11)7(3-5-9)4-6-10/h2,9-10H,1,3-6H2. The molecular weight excluding hydrogens is 144 g/mol. The summed E-state index contributed by atoms with van der Waals surface area (Å²) >= 11 is 0. The van der Waals surface area contributed by atoms with Gasteiger partial charge in [-0.3, -0.25) is 4.79 Å². The fourth-order valence-electron chi connectivity index (χ4n) is 0.786. The van der Waals surface area contributed by atoms with Gasteiger partial charge in [-0.05, 0) is 18.9 Å². The van der Waals surface area contributed by atoms with E-state index in [0.29, 0.717) is 18.8 Å². The van der Waals surface area contributed by atoms with Crippen LogP contribution in [0, 0.1) is 5.92 Å². The quantitative estimate of drug-likeness (QED) is 0.537. The number of allylic oxidation sites excluding steroid dienone is 1. The minimum Gasteiger partial charge on any atom is -0.396 e. The molecule has 3 heteroatoms. The van der Waals surface area contributed by atoms with Gasteiger partial charge in [0, 0.05) is 13.2 Å². The maximum absolute atomic E-state index is 10.9. The molecule has 0 aliphatic carbocycles. The van der Waals surface area contributed by atoms with Crippen molar-refractivity contribution in [3.05, 3.63) is 18.6 Å². The van der Waals surface area contributed by atoms with Crippen molar-refractivity contribution in [2.24, 2.45) is 0 Å². The Morgan fingerprint density at radius 1 is 1.27 bits per heavy atom. The van der Waals surface area contributed by atoms with Gasteiger partial charge in [0.15, 0.2) is 5.78 Å². The second-order valence-corrected chi connectivity index (χ2v) is 2.12. The first-order valence-electron chi connectivity index (χ1n) is 3.49. The number of aliphatic hydroxyl groups is 2. The summed E-state index contributed by atoms with van der Waals surface area (Å²) in [7, 11) is 0. The SMILES string of the molecule is C=CC(=O)[C](CCO)CCO. The average Bonchev–Trinajstić information content (AvgIpc) is 2.03. The largest absolute Gasteiger partial charge is 0.396 e. The smallest absolute Gasteiger partial charge is 0.162 e. The highest BCUT2D eigenvalue weighted by Crippen LogP contribution is 2.11. The zero-order chi connectivity index (χ0) is 8.69. The number of hydrogen-bond donors (Lipinski definition) is 2. The predicted molar refractivity (Wildman–Crippen MR) is 41.9 cm³/mol. The molecule has 0 unspecified atom stereocenters. The predicted octanol–water partition coefficient (Wildman–Crippen LogP) is 0.0808. The van der Waals surface area contributed by atoms with Crippen LogP contribution in [0.15, 0.2) is 12.7 Å². The summed E-state index contributed by atoms with van der Waals surface area (Å²) in [5, 5.41) is 17.0. The summed E-state index contributed by atoms with van der Waals surface area (Å²) in [6, 6.07) is 0. The molecule has 11 heavy (non-hydrogen) atoms. The van der Waals surface area contributed by atoms with Crippen molar-refractivity contribution in [3.63, 3.8) is 0 Å². The average molecular weight is 157 g/mol. The van der Waals surface area contributed by atoms with E-state index in [1.165, 1.54) is 6.08 Å². The highest BCUT2D eigenvalue weighted by atomic mass is 16.3. The summed E-state index contributed by atoms with van der Waals surface area (Å²) in [5.74, 6) is 0.345. The molecule has 1 radical (unpaired) electrons. The Hall–Kier alpha value is -0.670. The van der Waals surface area contributed by atoms with Gasteiger partial charge in [-0.15, -0.1) is 0 Å². The lowest BCUT2D eigenvalue weighted by Crippen LogP contribution is -2.12. The molecule has 0 saturated heterocycles. The first-order valence-corrected chi connectivity index (χ1v) is 3.49. The van der Waals surface area contributed by atoms with Crippen LogP contribution in [-0.4, -0.2) is 29.2 Å². The second kappa shape index (κ2) is 6.07. The lowest BCUT2D eigenvalue weighted by molar-refractivity contribution is -0.113. The lowest BCUT2D eigenvalue weighted by atomic mass is 9.97. The van der Waals surface area contributed by atoms with E-state index >= 15 is 0 Å². The Morgan fingerprint density at radius 3 is 2.00 bits per heavy atom. The summed E-state index contributed by atoms with van der Waals surface area (Å²) in [4.78, 5) is 10.9. The Bertz CT molecular complexity index is 125. The number of carbonyl (C=O) groups excluding carboxylic acids is 1. The van der Waals surface area contributed by atoms with Gasteiger partial charge in [-0.25, -0.2) is 0 Å². The van der Waals surface area contributed by atoms with Crippen LogP contribution in [0.1, 0.15) is 12.8 Å². The molecule has 0 aromatic carbocycles. The van der Waals surface area contributed by atoms with E-state index in [1.807, 2.05) is 0 Å². The van der Waals surface area contributed by atoms with Crippen molar-refractivity contribution >= 4 is 5.78 Å². The fourth-order valence-corrected chi connectivity index (χ4v) is 0.786. The lowest BCUT2D eigenvalue weighted by Gasteiger charge is -2.08. The fraction of sp³-hybridized carbons (Fsp3) is 0.500. The van der Waals surface area contributed by atoms with Crippen molar-refractivity contribution in [2.75, 3.05) is 13.2 Å². The Morgan fingerprint density at radius 2 is 1.73 bits per heavy atom. The maximum Gasteiger partial charge on any atom is 0.162 e. The summed E-state index contributed by atoms with van der Waals surface area (Å²) < 4.78 is 0. The topological polar surface area (TPSA) is 57.5 Å². The van der Waals surface area contributed by atoms with E-state index < -0.39 is 0 Å². The molecular formula is C8H13O3. The van der Waals surface area contributed by atoms with Crippen LogP contribution in [0.5, 0.6) is 0 Å². The van der Waals surface area contributed by atoms with Gasteiger partial charge in [0.25, 0.3) is 0 Å². The van der Waals surface area contributed by atoms with Gasteiger partial charge in [0.2, 0.25) is 0 Å². The van der Waals surface area contributed by atoms with Gasteiger partial charge >= 0.3 is 0 Å². The van der Waals surface area contributed by atoms with Gasteiger partial charge < -0.3 is 10.2 Å². The van der Waals surface area contributed by atoms with E-state index in [0.717, 1.165) is 0 Å². The molecule has 0 bridgehead atoms. The molecule has 0 atom stereocenters. The Balaban J connectivity index is 3.86. The summed E-state index contributed by atoms with van der Waals surface area (Å²) in [5.41, 5.74) is 0. The van der Waals surface area contributed by atoms with Crippen LogP contribution in [0.2, 0.25) is 0 Å². The van der Waals surface area contributed by atoms with Crippen molar-refractivity contribution in [2.45, 2.75) is 12.8 Å². The van der Waals surface area contributed by atoms with Crippen LogP contribution in [0.25, 0.3) is 0 Å². The van der Waals surface area contributed by atoms with Crippen molar-refractivity contribution in [3.8, 4) is 0 Å². The number of rotatable bonds is 6. The number of ketones is 1. The third kappa shape index (κ3) is 3.91. The number of hydrogen-bond acceptors (Lipinski definition) is 3. The third-order valence-electron chi connectivity index (χ3n) is 1.36. The maximum atomic E-state index is 10.9. The van der Waals surface area contributed by atoms with E-state index in [4.69, 9.17) is 10.2 Å². The molecule has 0 fully saturated rings. The summed E-state index contributed by atoms with van der Waals surface area (Å²) in [6.07, 6.45) is 1.84. The van der Waals surface area contributed by atoms with Crippen molar-refractivity contribution in [1.82, 2.24) is 0 Å². The zero-order valence-electron chi connectivity index (χ0n) is 6.42. The van der Waals surface area contributed by atoms with Gasteiger partial charge in [0.1, 0.15) is 0 Å². The molecule has 63 valence electrons. The third-order valence-corrected chi connectivity index (χ3v) is 1.36. The minimum atomic E-state index is -0.187. The van der Waals surface area contributed by atoms with Crippen molar-refractivity contribution < 1.29 is 15.0 Å².